The summed E-state index contributed by atoms with van der Waals surface area (Å²) in [7, 11) is 0. The number of para-hydroxylation sites is 4. The summed E-state index contributed by atoms with van der Waals surface area (Å²) in [5.41, 5.74) is 15.9. The van der Waals surface area contributed by atoms with Crippen LogP contribution in [0, 0.1) is 0 Å². The van der Waals surface area contributed by atoms with Crippen molar-refractivity contribution in [2.24, 2.45) is 0 Å². The van der Waals surface area contributed by atoms with Crippen molar-refractivity contribution in [2.75, 3.05) is 0 Å². The first kappa shape index (κ1) is 24.7. The molecule has 0 saturated carbocycles. The van der Waals surface area contributed by atoms with Crippen LogP contribution in [0.15, 0.2) is 140 Å². The molecule has 0 amide bonds. The molecule has 1 aliphatic rings. The van der Waals surface area contributed by atoms with E-state index in [1.807, 2.05) is 6.20 Å². The molecule has 0 spiro atoms. The highest BCUT2D eigenvalue weighted by molar-refractivity contribution is 6.13. The van der Waals surface area contributed by atoms with Crippen LogP contribution < -0.4 is 0 Å². The molecule has 0 radical (unpaired) electrons. The maximum Gasteiger partial charge on any atom is 0.0871 e. The number of fused-ring (bicyclic) bond motifs is 12. The van der Waals surface area contributed by atoms with E-state index >= 15 is 0 Å². The molecule has 3 nitrogen and oxygen atoms in total. The Hall–Kier alpha value is -5.67. The molecule has 9 aromatic rings. The van der Waals surface area contributed by atoms with E-state index in [2.05, 4.69) is 156 Å². The maximum absolute atomic E-state index is 4.86. The van der Waals surface area contributed by atoms with Gasteiger partial charge in [0.25, 0.3) is 0 Å². The largest absolute Gasteiger partial charge is 0.309 e. The van der Waals surface area contributed by atoms with Gasteiger partial charge in [0.15, 0.2) is 0 Å². The number of nitrogens with zero attached hydrogens (tertiary/aromatic N) is 3. The Balaban J connectivity index is 1.23. The molecule has 0 fully saturated rings. The molecule has 3 heteroatoms. The fraction of sp³-hybridized carbons (Fsp3) is 0.0714. The predicted molar refractivity (Wildman–Crippen MR) is 188 cm³/mol. The number of aromatic nitrogens is 3. The van der Waals surface area contributed by atoms with E-state index in [-0.39, 0.29) is 5.41 Å². The van der Waals surface area contributed by atoms with E-state index in [9.17, 15) is 0 Å². The minimum Gasteiger partial charge on any atom is -0.309 e. The fourth-order valence-electron chi connectivity index (χ4n) is 8.20. The lowest BCUT2D eigenvalue weighted by molar-refractivity contribution is 0.664. The van der Waals surface area contributed by atoms with Crippen LogP contribution in [0.25, 0.3) is 77.2 Å². The van der Waals surface area contributed by atoms with Crippen molar-refractivity contribution in [3.05, 3.63) is 151 Å². The van der Waals surface area contributed by atoms with Crippen molar-refractivity contribution >= 4 is 49.3 Å². The van der Waals surface area contributed by atoms with Gasteiger partial charge in [-0.2, -0.15) is 0 Å². The molecule has 0 bridgehead atoms. The summed E-state index contributed by atoms with van der Waals surface area (Å²) in [6.45, 7) is 4.76. The molecule has 3 aromatic heterocycles. The molecule has 45 heavy (non-hydrogen) atoms. The third kappa shape index (κ3) is 3.17. The summed E-state index contributed by atoms with van der Waals surface area (Å²) in [4.78, 5) is 4.86. The van der Waals surface area contributed by atoms with Crippen molar-refractivity contribution in [3.63, 3.8) is 0 Å². The van der Waals surface area contributed by atoms with Gasteiger partial charge in [0.05, 0.1) is 39.3 Å². The Kier molecular flexibility index (Phi) is 4.79. The van der Waals surface area contributed by atoms with E-state index in [1.54, 1.807) is 0 Å². The molecule has 0 atom stereocenters. The average Bonchev–Trinajstić information content (AvgIpc) is 3.69. The smallest absolute Gasteiger partial charge is 0.0871 e. The Labute approximate surface area is 260 Å². The summed E-state index contributed by atoms with van der Waals surface area (Å²) in [5, 5.41) is 3.82. The van der Waals surface area contributed by atoms with Crippen LogP contribution in [0.1, 0.15) is 25.0 Å². The second-order valence-corrected chi connectivity index (χ2v) is 12.8. The maximum atomic E-state index is 4.86. The van der Waals surface area contributed by atoms with Gasteiger partial charge in [-0.1, -0.05) is 111 Å². The van der Waals surface area contributed by atoms with E-state index in [0.29, 0.717) is 0 Å². The van der Waals surface area contributed by atoms with Crippen LogP contribution in [0.2, 0.25) is 0 Å². The minimum atomic E-state index is -0.113. The highest BCUT2D eigenvalue weighted by atomic mass is 15.0. The lowest BCUT2D eigenvalue weighted by atomic mass is 9.81. The van der Waals surface area contributed by atoms with Crippen molar-refractivity contribution < 1.29 is 0 Å². The van der Waals surface area contributed by atoms with Gasteiger partial charge >= 0.3 is 0 Å². The lowest BCUT2D eigenvalue weighted by Gasteiger charge is -2.23. The lowest BCUT2D eigenvalue weighted by Crippen LogP contribution is -2.16. The number of hydrogen-bond acceptors (Lipinski definition) is 1. The highest BCUT2D eigenvalue weighted by Crippen LogP contribution is 2.53. The Morgan fingerprint density at radius 3 is 2.07 bits per heavy atom. The van der Waals surface area contributed by atoms with Crippen molar-refractivity contribution in [1.82, 2.24) is 14.0 Å². The van der Waals surface area contributed by atoms with Crippen LogP contribution in [-0.4, -0.2) is 14.0 Å². The summed E-state index contributed by atoms with van der Waals surface area (Å²) in [6, 6.07) is 48.7. The number of rotatable bonds is 2. The minimum absolute atomic E-state index is 0.113. The first-order valence-electron chi connectivity index (χ1n) is 15.7. The molecule has 0 unspecified atom stereocenters. The zero-order valence-corrected chi connectivity index (χ0v) is 25.1. The zero-order valence-electron chi connectivity index (χ0n) is 25.1. The summed E-state index contributed by atoms with van der Waals surface area (Å²) in [6.07, 6.45) is 2.03. The topological polar surface area (TPSA) is 22.2 Å². The van der Waals surface area contributed by atoms with Gasteiger partial charge in [0, 0.05) is 32.8 Å². The quantitative estimate of drug-likeness (QED) is 0.201. The van der Waals surface area contributed by atoms with Gasteiger partial charge in [-0.15, -0.1) is 0 Å². The second-order valence-electron chi connectivity index (χ2n) is 12.8. The molecule has 6 aromatic carbocycles. The third-order valence-corrected chi connectivity index (χ3v) is 10.1. The molecule has 0 aliphatic heterocycles. The molecule has 212 valence electrons. The summed E-state index contributed by atoms with van der Waals surface area (Å²) >= 11 is 0. The van der Waals surface area contributed by atoms with Gasteiger partial charge in [0.1, 0.15) is 0 Å². The SMILES string of the molecule is CC1(C)c2ccccc2-c2ccc3c4ccccc4n(-c4ccc(-c5c6ccccc6n6c5cnc5ccccc56)cc4)c3c21. The molecule has 0 N–H and O–H groups in total. The third-order valence-electron chi connectivity index (χ3n) is 10.1. The fourth-order valence-corrected chi connectivity index (χ4v) is 8.20. The van der Waals surface area contributed by atoms with Crippen LogP contribution in [-0.2, 0) is 5.41 Å². The van der Waals surface area contributed by atoms with Gasteiger partial charge in [-0.25, -0.2) is 0 Å². The van der Waals surface area contributed by atoms with Crippen LogP contribution >= 0.6 is 0 Å². The van der Waals surface area contributed by atoms with Gasteiger partial charge in [0.2, 0.25) is 0 Å². The highest BCUT2D eigenvalue weighted by Gasteiger charge is 2.38. The first-order valence-corrected chi connectivity index (χ1v) is 15.7. The van der Waals surface area contributed by atoms with Gasteiger partial charge in [-0.3, -0.25) is 4.98 Å². The first-order chi connectivity index (χ1) is 22.1. The number of hydrogen-bond donors (Lipinski definition) is 0. The summed E-state index contributed by atoms with van der Waals surface area (Å²) in [5.74, 6) is 0. The second kappa shape index (κ2) is 8.71. The van der Waals surface area contributed by atoms with Gasteiger partial charge in [-0.05, 0) is 64.2 Å². The standard InChI is InChI=1S/C42H29N3/c1-42(2)33-14-6-3-11-28(33)30-23-24-31-29-12-4-8-16-35(29)44(41(31)40(30)42)27-21-19-26(20-22-27)39-32-13-5-9-17-36(32)45-37-18-10-7-15-34(37)43-25-38(39)45/h3-25H,1-2H3. The van der Waals surface area contributed by atoms with Crippen LogP contribution in [0.5, 0.6) is 0 Å². The Bertz CT molecular complexity index is 2670. The van der Waals surface area contributed by atoms with E-state index in [4.69, 9.17) is 4.98 Å². The van der Waals surface area contributed by atoms with Crippen molar-refractivity contribution in [1.29, 1.82) is 0 Å². The average molecular weight is 576 g/mol. The Morgan fingerprint density at radius 2 is 1.22 bits per heavy atom. The van der Waals surface area contributed by atoms with Crippen LogP contribution in [0.3, 0.4) is 0 Å². The van der Waals surface area contributed by atoms with E-state index in [1.165, 1.54) is 71.8 Å². The molecule has 10 rings (SSSR count). The van der Waals surface area contributed by atoms with E-state index in [0.717, 1.165) is 16.6 Å². The predicted octanol–water partition coefficient (Wildman–Crippen LogP) is 10.7. The summed E-state index contributed by atoms with van der Waals surface area (Å²) < 4.78 is 4.85. The van der Waals surface area contributed by atoms with Crippen LogP contribution in [0.4, 0.5) is 0 Å². The monoisotopic (exact) mass is 575 g/mol. The molecule has 1 aliphatic carbocycles. The van der Waals surface area contributed by atoms with Gasteiger partial charge < -0.3 is 8.97 Å². The molecule has 3 heterocycles. The van der Waals surface area contributed by atoms with E-state index < -0.39 is 0 Å². The molecular weight excluding hydrogens is 546 g/mol. The van der Waals surface area contributed by atoms with Crippen molar-refractivity contribution in [3.8, 4) is 27.9 Å². The zero-order chi connectivity index (χ0) is 29.9. The molecule has 0 saturated heterocycles. The Morgan fingerprint density at radius 1 is 0.533 bits per heavy atom. The van der Waals surface area contributed by atoms with Crippen molar-refractivity contribution in [2.45, 2.75) is 19.3 Å². The normalized spacial score (nSPS) is 13.7. The number of benzene rings is 6. The molecular formula is C42H29N3.